The minimum atomic E-state index is -4.55. The summed E-state index contributed by atoms with van der Waals surface area (Å²) in [6.07, 6.45) is -3.71. The monoisotopic (exact) mass is 420 g/mol. The van der Waals surface area contributed by atoms with E-state index in [9.17, 15) is 35.1 Å². The van der Waals surface area contributed by atoms with Crippen LogP contribution in [0.3, 0.4) is 0 Å². The van der Waals surface area contributed by atoms with E-state index in [0.29, 0.717) is 0 Å². The van der Waals surface area contributed by atoms with E-state index in [0.717, 1.165) is 18.3 Å². The predicted molar refractivity (Wildman–Crippen MR) is 86.6 cm³/mol. The second-order valence-corrected chi connectivity index (χ2v) is 5.60. The van der Waals surface area contributed by atoms with Gasteiger partial charge in [-0.2, -0.15) is 18.3 Å². The van der Waals surface area contributed by atoms with Gasteiger partial charge in [-0.25, -0.2) is 22.0 Å². The lowest BCUT2D eigenvalue weighted by atomic mass is 10.1. The first kappa shape index (κ1) is 20.4. The zero-order valence-corrected chi connectivity index (χ0v) is 13.9. The third-order valence-corrected chi connectivity index (χ3v) is 3.68. The van der Waals surface area contributed by atoms with E-state index in [1.54, 1.807) is 5.43 Å². The van der Waals surface area contributed by atoms with Crippen molar-refractivity contribution >= 4 is 11.9 Å². The predicted octanol–water partition coefficient (Wildman–Crippen LogP) is 6.11. The van der Waals surface area contributed by atoms with Crippen molar-refractivity contribution in [2.75, 3.05) is 5.43 Å². The maximum absolute atomic E-state index is 13.5. The van der Waals surface area contributed by atoms with Crippen LogP contribution in [-0.4, -0.2) is 6.21 Å². The fourth-order valence-electron chi connectivity index (χ4n) is 2.29. The smallest absolute Gasteiger partial charge is 0.416 e. The molecule has 0 saturated heterocycles. The van der Waals surface area contributed by atoms with Gasteiger partial charge in [0.15, 0.2) is 23.3 Å². The van der Waals surface area contributed by atoms with Gasteiger partial charge in [-0.1, -0.05) is 12.1 Å². The largest absolute Gasteiger partial charge is 0.455 e. The lowest BCUT2D eigenvalue weighted by Gasteiger charge is -2.07. The third-order valence-electron chi connectivity index (χ3n) is 3.68. The first-order valence-corrected chi connectivity index (χ1v) is 7.67. The van der Waals surface area contributed by atoms with Crippen molar-refractivity contribution in [2.24, 2.45) is 5.10 Å². The number of anilines is 1. The van der Waals surface area contributed by atoms with Gasteiger partial charge in [-0.05, 0) is 24.3 Å². The van der Waals surface area contributed by atoms with Crippen LogP contribution in [0.4, 0.5) is 40.8 Å². The van der Waals surface area contributed by atoms with Crippen molar-refractivity contribution in [2.45, 2.75) is 6.18 Å². The molecule has 2 aromatic carbocycles. The van der Waals surface area contributed by atoms with Gasteiger partial charge in [0, 0.05) is 5.56 Å². The molecule has 152 valence electrons. The minimum Gasteiger partial charge on any atom is -0.455 e. The van der Waals surface area contributed by atoms with Crippen LogP contribution < -0.4 is 5.43 Å². The molecule has 1 heterocycles. The molecule has 3 aromatic rings. The van der Waals surface area contributed by atoms with E-state index in [2.05, 4.69) is 5.10 Å². The van der Waals surface area contributed by atoms with Gasteiger partial charge >= 0.3 is 6.18 Å². The highest BCUT2D eigenvalue weighted by atomic mass is 19.4. The average molecular weight is 420 g/mol. The van der Waals surface area contributed by atoms with Gasteiger partial charge in [0.2, 0.25) is 5.82 Å². The molecule has 11 heteroatoms. The molecule has 1 aromatic heterocycles. The van der Waals surface area contributed by atoms with Crippen molar-refractivity contribution in [1.29, 1.82) is 0 Å². The van der Waals surface area contributed by atoms with Crippen LogP contribution in [0.2, 0.25) is 0 Å². The Labute approximate surface area is 157 Å². The summed E-state index contributed by atoms with van der Waals surface area (Å²) >= 11 is 0. The Morgan fingerprint density at radius 1 is 0.828 bits per heavy atom. The maximum atomic E-state index is 13.5. The second-order valence-electron chi connectivity index (χ2n) is 5.60. The van der Waals surface area contributed by atoms with Crippen molar-refractivity contribution < 1.29 is 39.5 Å². The van der Waals surface area contributed by atoms with Gasteiger partial charge in [0.1, 0.15) is 17.2 Å². The Hall–Kier alpha value is -3.37. The number of furan rings is 1. The topological polar surface area (TPSA) is 37.5 Å². The lowest BCUT2D eigenvalue weighted by Crippen LogP contribution is -2.06. The fourth-order valence-corrected chi connectivity index (χ4v) is 2.29. The fraction of sp³-hybridized carbons (Fsp3) is 0.0556. The van der Waals surface area contributed by atoms with Crippen LogP contribution in [0.25, 0.3) is 11.3 Å². The van der Waals surface area contributed by atoms with E-state index in [1.807, 2.05) is 0 Å². The summed E-state index contributed by atoms with van der Waals surface area (Å²) in [5.74, 6) is -10.8. The zero-order valence-electron chi connectivity index (χ0n) is 13.9. The van der Waals surface area contributed by atoms with E-state index < -0.39 is 46.5 Å². The SMILES string of the molecule is Fc1c(F)c(F)c(NN=Cc2ccc(-c3cccc(C(F)(F)F)c3)o2)c(F)c1F. The molecular weight excluding hydrogens is 412 g/mol. The Balaban J connectivity index is 1.81. The highest BCUT2D eigenvalue weighted by Crippen LogP contribution is 2.32. The first-order valence-electron chi connectivity index (χ1n) is 7.67. The number of hydrogen-bond acceptors (Lipinski definition) is 3. The number of hydrazone groups is 1. The molecule has 0 unspecified atom stereocenters. The zero-order chi connectivity index (χ0) is 21.3. The van der Waals surface area contributed by atoms with Gasteiger partial charge in [0.25, 0.3) is 0 Å². The molecule has 0 atom stereocenters. The van der Waals surface area contributed by atoms with Crippen molar-refractivity contribution in [3.63, 3.8) is 0 Å². The van der Waals surface area contributed by atoms with Crippen molar-refractivity contribution in [1.82, 2.24) is 0 Å². The standard InChI is InChI=1S/C18H8F8N2O/c19-12-13(20)15(22)17(16(23)14(12)21)28-27-7-10-4-5-11(29-10)8-2-1-3-9(6-8)18(24,25)26/h1-7,28H. The Morgan fingerprint density at radius 2 is 1.45 bits per heavy atom. The van der Waals surface area contributed by atoms with Gasteiger partial charge in [0.05, 0.1) is 11.8 Å². The molecule has 0 aliphatic carbocycles. The molecule has 0 fully saturated rings. The van der Waals surface area contributed by atoms with Crippen LogP contribution in [-0.2, 0) is 6.18 Å². The number of hydrogen-bond donors (Lipinski definition) is 1. The van der Waals surface area contributed by atoms with Crippen molar-refractivity contribution in [3.05, 3.63) is 76.8 Å². The van der Waals surface area contributed by atoms with Crippen LogP contribution in [0.1, 0.15) is 11.3 Å². The Bertz CT molecular complexity index is 1060. The molecule has 3 rings (SSSR count). The summed E-state index contributed by atoms with van der Waals surface area (Å²) in [4.78, 5) is 0. The number of nitrogens with zero attached hydrogens (tertiary/aromatic N) is 1. The molecule has 1 N–H and O–H groups in total. The van der Waals surface area contributed by atoms with Crippen molar-refractivity contribution in [3.8, 4) is 11.3 Å². The molecule has 0 spiro atoms. The molecule has 0 saturated carbocycles. The summed E-state index contributed by atoms with van der Waals surface area (Å²) < 4.78 is 110. The number of benzene rings is 2. The highest BCUT2D eigenvalue weighted by Gasteiger charge is 2.30. The second kappa shape index (κ2) is 7.57. The van der Waals surface area contributed by atoms with Gasteiger partial charge < -0.3 is 4.42 Å². The average Bonchev–Trinajstić information content (AvgIpc) is 3.16. The van der Waals surface area contributed by atoms with Crippen LogP contribution >= 0.6 is 0 Å². The molecule has 0 bridgehead atoms. The van der Waals surface area contributed by atoms with Gasteiger partial charge in [-0.3, -0.25) is 5.43 Å². The van der Waals surface area contributed by atoms with E-state index in [-0.39, 0.29) is 17.1 Å². The molecule has 3 nitrogen and oxygen atoms in total. The summed E-state index contributed by atoms with van der Waals surface area (Å²) in [5, 5.41) is 3.32. The van der Waals surface area contributed by atoms with Crippen LogP contribution in [0.5, 0.6) is 0 Å². The first-order chi connectivity index (χ1) is 13.6. The summed E-state index contributed by atoms with van der Waals surface area (Å²) in [6.45, 7) is 0. The van der Waals surface area contributed by atoms with E-state index >= 15 is 0 Å². The number of rotatable bonds is 4. The third kappa shape index (κ3) is 4.08. The van der Waals surface area contributed by atoms with Gasteiger partial charge in [-0.15, -0.1) is 0 Å². The molecule has 0 aliphatic heterocycles. The Morgan fingerprint density at radius 3 is 2.07 bits per heavy atom. The molecule has 0 aliphatic rings. The van der Waals surface area contributed by atoms with E-state index in [1.165, 1.54) is 24.3 Å². The summed E-state index contributed by atoms with van der Waals surface area (Å²) in [7, 11) is 0. The summed E-state index contributed by atoms with van der Waals surface area (Å²) in [6, 6.07) is 6.87. The minimum absolute atomic E-state index is 0.0359. The number of alkyl halides is 3. The van der Waals surface area contributed by atoms with E-state index in [4.69, 9.17) is 4.42 Å². The Kier molecular flexibility index (Phi) is 5.31. The maximum Gasteiger partial charge on any atom is 0.416 e. The lowest BCUT2D eigenvalue weighted by molar-refractivity contribution is -0.137. The van der Waals surface area contributed by atoms with Crippen LogP contribution in [0, 0.1) is 29.1 Å². The van der Waals surface area contributed by atoms with Crippen LogP contribution in [0.15, 0.2) is 45.9 Å². The molecule has 0 amide bonds. The number of nitrogens with one attached hydrogen (secondary N) is 1. The normalized spacial score (nSPS) is 12.0. The molecule has 29 heavy (non-hydrogen) atoms. The quantitative estimate of drug-likeness (QED) is 0.182. The summed E-state index contributed by atoms with van der Waals surface area (Å²) in [5.41, 5.74) is -0.482. The molecular formula is C18H8F8N2O. The number of halogens is 8. The highest BCUT2D eigenvalue weighted by molar-refractivity contribution is 5.78. The molecule has 0 radical (unpaired) electrons.